The maximum Gasteiger partial charge on any atom is 0.242 e. The van der Waals surface area contributed by atoms with Crippen LogP contribution in [0.25, 0.3) is 0 Å². The minimum absolute atomic E-state index is 0. The summed E-state index contributed by atoms with van der Waals surface area (Å²) in [5, 5.41) is 3.27. The Hall–Kier alpha value is -1.35. The smallest absolute Gasteiger partial charge is 0.242 e. The molecule has 10 heteroatoms. The normalized spacial score (nSPS) is 22.9. The van der Waals surface area contributed by atoms with Gasteiger partial charge in [-0.3, -0.25) is 4.79 Å². The van der Waals surface area contributed by atoms with Gasteiger partial charge >= 0.3 is 0 Å². The van der Waals surface area contributed by atoms with Crippen LogP contribution in [0.5, 0.6) is 0 Å². The number of carbonyl (C=O) groups excluding carboxylic acids is 1. The average Bonchev–Trinajstić information content (AvgIpc) is 2.62. The van der Waals surface area contributed by atoms with Crippen molar-refractivity contribution in [2.24, 2.45) is 0 Å². The number of morpholine rings is 1. The van der Waals surface area contributed by atoms with Crippen molar-refractivity contribution in [3.63, 3.8) is 0 Å². The monoisotopic (exact) mass is 406 g/mol. The molecule has 26 heavy (non-hydrogen) atoms. The molecule has 2 saturated heterocycles. The second kappa shape index (κ2) is 10.1. The lowest BCUT2D eigenvalue weighted by molar-refractivity contribution is -0.139. The van der Waals surface area contributed by atoms with Crippen LogP contribution in [0.4, 0.5) is 11.8 Å². The highest BCUT2D eigenvalue weighted by Crippen LogP contribution is 2.17. The molecule has 2 fully saturated rings. The SMILES string of the molecule is C[C@H]1OCCN[C@@H]1C(=O)N1CCN(c2ccnc(N(C)C)n2)CC1.Cl.Cl. The topological polar surface area (TPSA) is 73.8 Å². The summed E-state index contributed by atoms with van der Waals surface area (Å²) in [5.74, 6) is 1.75. The molecule has 2 aliphatic heterocycles. The van der Waals surface area contributed by atoms with Gasteiger partial charge in [-0.25, -0.2) is 4.98 Å². The quantitative estimate of drug-likeness (QED) is 0.778. The van der Waals surface area contributed by atoms with Crippen molar-refractivity contribution in [3.05, 3.63) is 12.3 Å². The molecule has 0 bridgehead atoms. The third-order valence-corrected chi connectivity index (χ3v) is 4.53. The predicted molar refractivity (Wildman–Crippen MR) is 107 cm³/mol. The molecule has 1 aromatic rings. The molecule has 0 radical (unpaired) electrons. The minimum Gasteiger partial charge on any atom is -0.375 e. The van der Waals surface area contributed by atoms with Crippen LogP contribution in [0.1, 0.15) is 6.92 Å². The number of amides is 1. The molecule has 3 heterocycles. The van der Waals surface area contributed by atoms with Crippen LogP contribution >= 0.6 is 24.8 Å². The van der Waals surface area contributed by atoms with Crippen molar-refractivity contribution in [2.45, 2.75) is 19.1 Å². The lowest BCUT2D eigenvalue weighted by Crippen LogP contribution is -2.59. The molecular formula is C16H28Cl2N6O2. The third kappa shape index (κ3) is 5.09. The molecule has 1 N–H and O–H groups in total. The Morgan fingerprint density at radius 1 is 1.27 bits per heavy atom. The molecule has 3 rings (SSSR count). The predicted octanol–water partition coefficient (Wildman–Crippen LogP) is 0.412. The maximum atomic E-state index is 12.7. The fourth-order valence-corrected chi connectivity index (χ4v) is 3.09. The zero-order valence-corrected chi connectivity index (χ0v) is 17.1. The highest BCUT2D eigenvalue weighted by Gasteiger charge is 2.33. The van der Waals surface area contributed by atoms with Gasteiger partial charge in [0.25, 0.3) is 0 Å². The summed E-state index contributed by atoms with van der Waals surface area (Å²) in [5.41, 5.74) is 0. The fourth-order valence-electron chi connectivity index (χ4n) is 3.09. The number of halogens is 2. The van der Waals surface area contributed by atoms with E-state index in [0.717, 1.165) is 25.5 Å². The molecule has 0 aromatic carbocycles. The number of nitrogens with one attached hydrogen (secondary N) is 1. The van der Waals surface area contributed by atoms with E-state index < -0.39 is 0 Å². The number of aromatic nitrogens is 2. The molecule has 0 unspecified atom stereocenters. The third-order valence-electron chi connectivity index (χ3n) is 4.53. The Bertz CT molecular complexity index is 584. The first-order chi connectivity index (χ1) is 11.6. The van der Waals surface area contributed by atoms with Gasteiger partial charge in [0.2, 0.25) is 11.9 Å². The van der Waals surface area contributed by atoms with Crippen LogP contribution in [0, 0.1) is 0 Å². The van der Waals surface area contributed by atoms with Crippen molar-refractivity contribution in [1.82, 2.24) is 20.2 Å². The first kappa shape index (κ1) is 22.7. The lowest BCUT2D eigenvalue weighted by atomic mass is 10.1. The molecule has 2 atom stereocenters. The first-order valence-electron chi connectivity index (χ1n) is 8.45. The van der Waals surface area contributed by atoms with E-state index in [-0.39, 0.29) is 42.9 Å². The van der Waals surface area contributed by atoms with E-state index in [9.17, 15) is 4.79 Å². The van der Waals surface area contributed by atoms with Crippen molar-refractivity contribution in [3.8, 4) is 0 Å². The zero-order valence-electron chi connectivity index (χ0n) is 15.4. The highest BCUT2D eigenvalue weighted by molar-refractivity contribution is 5.85. The molecule has 0 aliphatic carbocycles. The van der Waals surface area contributed by atoms with Gasteiger partial charge in [-0.05, 0) is 13.0 Å². The second-order valence-electron chi connectivity index (χ2n) is 6.43. The summed E-state index contributed by atoms with van der Waals surface area (Å²) in [6.07, 6.45) is 1.70. The number of ether oxygens (including phenoxy) is 1. The minimum atomic E-state index is -0.232. The number of carbonyl (C=O) groups is 1. The van der Waals surface area contributed by atoms with Gasteiger partial charge in [-0.15, -0.1) is 24.8 Å². The van der Waals surface area contributed by atoms with E-state index in [1.807, 2.05) is 36.9 Å². The van der Waals surface area contributed by atoms with Crippen molar-refractivity contribution in [2.75, 3.05) is 63.2 Å². The largest absolute Gasteiger partial charge is 0.375 e. The van der Waals surface area contributed by atoms with Gasteiger partial charge in [0.05, 0.1) is 12.7 Å². The summed E-state index contributed by atoms with van der Waals surface area (Å²) < 4.78 is 5.59. The summed E-state index contributed by atoms with van der Waals surface area (Å²) in [6, 6.07) is 1.69. The van der Waals surface area contributed by atoms with E-state index in [0.29, 0.717) is 25.6 Å². The van der Waals surface area contributed by atoms with E-state index >= 15 is 0 Å². The average molecular weight is 407 g/mol. The highest BCUT2D eigenvalue weighted by atomic mass is 35.5. The number of nitrogens with zero attached hydrogens (tertiary/aromatic N) is 5. The van der Waals surface area contributed by atoms with E-state index in [1.54, 1.807) is 6.20 Å². The molecule has 2 aliphatic rings. The van der Waals surface area contributed by atoms with Crippen molar-refractivity contribution < 1.29 is 9.53 Å². The van der Waals surface area contributed by atoms with E-state index in [2.05, 4.69) is 20.2 Å². The molecule has 0 saturated carbocycles. The first-order valence-corrected chi connectivity index (χ1v) is 8.45. The molecule has 148 valence electrons. The Morgan fingerprint density at radius 2 is 1.96 bits per heavy atom. The number of anilines is 2. The van der Waals surface area contributed by atoms with Gasteiger partial charge in [-0.2, -0.15) is 4.98 Å². The van der Waals surface area contributed by atoms with E-state index in [1.165, 1.54) is 0 Å². The summed E-state index contributed by atoms with van der Waals surface area (Å²) in [7, 11) is 3.85. The van der Waals surface area contributed by atoms with Crippen LogP contribution in [0.3, 0.4) is 0 Å². The van der Waals surface area contributed by atoms with Crippen molar-refractivity contribution in [1.29, 1.82) is 0 Å². The maximum absolute atomic E-state index is 12.7. The molecule has 0 spiro atoms. The zero-order chi connectivity index (χ0) is 17.1. The van der Waals surface area contributed by atoms with E-state index in [4.69, 9.17) is 4.74 Å². The molecule has 8 nitrogen and oxygen atoms in total. The standard InChI is InChI=1S/C16H26N6O2.2ClH/c1-12-14(17-6-11-24-12)15(23)22-9-7-21(8-10-22)13-4-5-18-16(19-13)20(2)3;;/h4-5,12,14,17H,6-11H2,1-3H3;2*1H/t12-,14+;;/m1../s1. The van der Waals surface area contributed by atoms with Gasteiger partial charge in [0, 0.05) is 53.0 Å². The van der Waals surface area contributed by atoms with Gasteiger partial charge < -0.3 is 24.8 Å². The van der Waals surface area contributed by atoms with Crippen molar-refractivity contribution >= 4 is 42.5 Å². The van der Waals surface area contributed by atoms with Gasteiger partial charge in [0.1, 0.15) is 11.9 Å². The Morgan fingerprint density at radius 3 is 2.58 bits per heavy atom. The number of rotatable bonds is 3. The van der Waals surface area contributed by atoms with Gasteiger partial charge in [-0.1, -0.05) is 0 Å². The van der Waals surface area contributed by atoms with Gasteiger partial charge in [0.15, 0.2) is 0 Å². The summed E-state index contributed by atoms with van der Waals surface area (Å²) in [6.45, 7) is 6.30. The summed E-state index contributed by atoms with van der Waals surface area (Å²) >= 11 is 0. The van der Waals surface area contributed by atoms with Crippen LogP contribution in [-0.4, -0.2) is 86.3 Å². The molecule has 1 amide bonds. The van der Waals surface area contributed by atoms with Crippen LogP contribution < -0.4 is 15.1 Å². The fraction of sp³-hybridized carbons (Fsp3) is 0.688. The number of hydrogen-bond donors (Lipinski definition) is 1. The number of piperazine rings is 1. The second-order valence-corrected chi connectivity index (χ2v) is 6.43. The molecule has 1 aromatic heterocycles. The molecular weight excluding hydrogens is 379 g/mol. The van der Waals surface area contributed by atoms with Crippen LogP contribution in [0.15, 0.2) is 12.3 Å². The summed E-state index contributed by atoms with van der Waals surface area (Å²) in [4.78, 5) is 27.5. The Labute approximate surface area is 167 Å². The Balaban J connectivity index is 0.00000169. The van der Waals surface area contributed by atoms with Crippen LogP contribution in [0.2, 0.25) is 0 Å². The number of hydrogen-bond acceptors (Lipinski definition) is 7. The van der Waals surface area contributed by atoms with Crippen LogP contribution in [-0.2, 0) is 9.53 Å². The lowest BCUT2D eigenvalue weighted by Gasteiger charge is -2.39. The Kier molecular flexibility index (Phi) is 8.82.